The molecule has 0 spiro atoms. The summed E-state index contributed by atoms with van der Waals surface area (Å²) in [4.78, 5) is 4.14. The molecule has 1 heterocycles. The van der Waals surface area contributed by atoms with Crippen molar-refractivity contribution in [2.75, 3.05) is 7.05 Å². The quantitative estimate of drug-likeness (QED) is 0.891. The highest BCUT2D eigenvalue weighted by atomic mass is 19.1. The van der Waals surface area contributed by atoms with E-state index in [0.29, 0.717) is 18.4 Å². The van der Waals surface area contributed by atoms with Crippen molar-refractivity contribution < 1.29 is 8.78 Å². The molecule has 1 atom stereocenters. The lowest BCUT2D eigenvalue weighted by Gasteiger charge is -2.16. The summed E-state index contributed by atoms with van der Waals surface area (Å²) in [6, 6.07) is 3.67. The maximum absolute atomic E-state index is 13.6. The van der Waals surface area contributed by atoms with Gasteiger partial charge in [0.05, 0.1) is 0 Å². The molecule has 0 bridgehead atoms. The molecule has 2 aromatic rings. The summed E-state index contributed by atoms with van der Waals surface area (Å²) >= 11 is 0. The zero-order valence-corrected chi connectivity index (χ0v) is 10.9. The molecule has 1 aromatic heterocycles. The molecule has 6 heteroatoms. The van der Waals surface area contributed by atoms with Crippen LogP contribution in [0.1, 0.15) is 11.4 Å². The first kappa shape index (κ1) is 13.6. The molecule has 0 aliphatic carbocycles. The minimum atomic E-state index is -0.560. The summed E-state index contributed by atoms with van der Waals surface area (Å²) in [5.41, 5.74) is 0.489. The van der Waals surface area contributed by atoms with Crippen LogP contribution in [0.15, 0.2) is 24.5 Å². The van der Waals surface area contributed by atoms with Gasteiger partial charge in [0.15, 0.2) is 0 Å². The van der Waals surface area contributed by atoms with Crippen molar-refractivity contribution in [1.29, 1.82) is 0 Å². The van der Waals surface area contributed by atoms with E-state index in [9.17, 15) is 8.78 Å². The van der Waals surface area contributed by atoms with Crippen molar-refractivity contribution in [1.82, 2.24) is 20.1 Å². The van der Waals surface area contributed by atoms with Crippen LogP contribution in [0.5, 0.6) is 0 Å². The van der Waals surface area contributed by atoms with E-state index >= 15 is 0 Å². The number of benzene rings is 1. The molecule has 0 saturated heterocycles. The van der Waals surface area contributed by atoms with Gasteiger partial charge in [0, 0.05) is 25.6 Å². The first-order valence-electron chi connectivity index (χ1n) is 6.04. The third-order valence-corrected chi connectivity index (χ3v) is 3.12. The van der Waals surface area contributed by atoms with Gasteiger partial charge in [0.25, 0.3) is 0 Å². The highest BCUT2D eigenvalue weighted by Crippen LogP contribution is 2.13. The van der Waals surface area contributed by atoms with Crippen LogP contribution < -0.4 is 5.32 Å². The van der Waals surface area contributed by atoms with Gasteiger partial charge in [-0.1, -0.05) is 6.07 Å². The van der Waals surface area contributed by atoms with Crippen LogP contribution in [0.3, 0.4) is 0 Å². The maximum atomic E-state index is 13.6. The summed E-state index contributed by atoms with van der Waals surface area (Å²) in [6.07, 6.45) is 2.58. The summed E-state index contributed by atoms with van der Waals surface area (Å²) in [7, 11) is 3.62. The summed E-state index contributed by atoms with van der Waals surface area (Å²) in [5.74, 6) is -0.254. The van der Waals surface area contributed by atoms with Crippen LogP contribution >= 0.6 is 0 Å². The third-order valence-electron chi connectivity index (χ3n) is 3.12. The Kier molecular flexibility index (Phi) is 4.21. The Hall–Kier alpha value is -1.82. The summed E-state index contributed by atoms with van der Waals surface area (Å²) < 4.78 is 28.1. The van der Waals surface area contributed by atoms with Gasteiger partial charge in [-0.2, -0.15) is 5.10 Å². The van der Waals surface area contributed by atoms with Gasteiger partial charge in [-0.25, -0.2) is 13.8 Å². The van der Waals surface area contributed by atoms with E-state index in [1.165, 1.54) is 18.5 Å². The highest BCUT2D eigenvalue weighted by Gasteiger charge is 2.14. The number of halogens is 2. The zero-order chi connectivity index (χ0) is 13.8. The Balaban J connectivity index is 2.09. The van der Waals surface area contributed by atoms with Crippen LogP contribution in [-0.4, -0.2) is 27.9 Å². The van der Waals surface area contributed by atoms with Gasteiger partial charge in [-0.3, -0.25) is 4.68 Å². The van der Waals surface area contributed by atoms with Crippen LogP contribution in [0, 0.1) is 11.6 Å². The van der Waals surface area contributed by atoms with E-state index in [0.717, 1.165) is 11.9 Å². The molecule has 102 valence electrons. The number of nitrogens with one attached hydrogen (secondary N) is 1. The molecule has 1 N–H and O–H groups in total. The fraction of sp³-hybridized carbons (Fsp3) is 0.385. The molecule has 0 radical (unpaired) electrons. The van der Waals surface area contributed by atoms with E-state index in [-0.39, 0.29) is 6.04 Å². The Morgan fingerprint density at radius 3 is 2.68 bits per heavy atom. The summed E-state index contributed by atoms with van der Waals surface area (Å²) in [5, 5.41) is 7.11. The third kappa shape index (κ3) is 3.35. The molecule has 0 aliphatic rings. The van der Waals surface area contributed by atoms with E-state index in [1.54, 1.807) is 4.68 Å². The van der Waals surface area contributed by atoms with Crippen LogP contribution in [-0.2, 0) is 19.9 Å². The first-order chi connectivity index (χ1) is 9.10. The van der Waals surface area contributed by atoms with Gasteiger partial charge >= 0.3 is 0 Å². The first-order valence-corrected chi connectivity index (χ1v) is 6.04. The Bertz CT molecular complexity index is 553. The van der Waals surface area contributed by atoms with E-state index < -0.39 is 11.6 Å². The number of rotatable bonds is 5. The SMILES string of the molecule is CNC(Cc1ccc(F)cc1F)Cc1ncnn1C. The molecule has 0 amide bonds. The normalized spacial score (nSPS) is 12.6. The lowest BCUT2D eigenvalue weighted by Crippen LogP contribution is -2.31. The lowest BCUT2D eigenvalue weighted by atomic mass is 10.0. The van der Waals surface area contributed by atoms with Gasteiger partial charge in [0.1, 0.15) is 23.8 Å². The number of aromatic nitrogens is 3. The minimum Gasteiger partial charge on any atom is -0.316 e. The number of likely N-dealkylation sites (N-methyl/N-ethyl adjacent to an activating group) is 1. The monoisotopic (exact) mass is 266 g/mol. The fourth-order valence-electron chi connectivity index (χ4n) is 1.95. The van der Waals surface area contributed by atoms with Gasteiger partial charge in [-0.05, 0) is 25.1 Å². The van der Waals surface area contributed by atoms with E-state index in [1.807, 2.05) is 14.1 Å². The van der Waals surface area contributed by atoms with Crippen LogP contribution in [0.2, 0.25) is 0 Å². The topological polar surface area (TPSA) is 42.7 Å². The average Bonchev–Trinajstić information content (AvgIpc) is 2.77. The Morgan fingerprint density at radius 1 is 1.32 bits per heavy atom. The van der Waals surface area contributed by atoms with Crippen molar-refractivity contribution in [2.24, 2.45) is 7.05 Å². The van der Waals surface area contributed by atoms with Crippen molar-refractivity contribution in [2.45, 2.75) is 18.9 Å². The number of hydrogen-bond acceptors (Lipinski definition) is 3. The minimum absolute atomic E-state index is 0.0165. The predicted octanol–water partition coefficient (Wildman–Crippen LogP) is 1.47. The van der Waals surface area contributed by atoms with Crippen molar-refractivity contribution in [3.05, 3.63) is 47.5 Å². The molecular weight excluding hydrogens is 250 g/mol. The van der Waals surface area contributed by atoms with Gasteiger partial charge < -0.3 is 5.32 Å². The summed E-state index contributed by atoms with van der Waals surface area (Å²) in [6.45, 7) is 0. The number of aryl methyl sites for hydroxylation is 1. The number of hydrogen-bond donors (Lipinski definition) is 1. The molecule has 19 heavy (non-hydrogen) atoms. The smallest absolute Gasteiger partial charge is 0.138 e. The second-order valence-corrected chi connectivity index (χ2v) is 4.43. The second-order valence-electron chi connectivity index (χ2n) is 4.43. The fourth-order valence-corrected chi connectivity index (χ4v) is 1.95. The van der Waals surface area contributed by atoms with E-state index in [2.05, 4.69) is 15.4 Å². The molecule has 4 nitrogen and oxygen atoms in total. The van der Waals surface area contributed by atoms with Gasteiger partial charge in [0.2, 0.25) is 0 Å². The van der Waals surface area contributed by atoms with Crippen LogP contribution in [0.25, 0.3) is 0 Å². The lowest BCUT2D eigenvalue weighted by molar-refractivity contribution is 0.506. The molecule has 0 aliphatic heterocycles. The Labute approximate surface area is 110 Å². The zero-order valence-electron chi connectivity index (χ0n) is 10.9. The number of nitrogens with zero attached hydrogens (tertiary/aromatic N) is 3. The van der Waals surface area contributed by atoms with Gasteiger partial charge in [-0.15, -0.1) is 0 Å². The Morgan fingerprint density at radius 2 is 2.11 bits per heavy atom. The largest absolute Gasteiger partial charge is 0.316 e. The maximum Gasteiger partial charge on any atom is 0.138 e. The van der Waals surface area contributed by atoms with E-state index in [4.69, 9.17) is 0 Å². The highest BCUT2D eigenvalue weighted by molar-refractivity contribution is 5.20. The molecule has 1 unspecified atom stereocenters. The van der Waals surface area contributed by atoms with Crippen molar-refractivity contribution in [3.63, 3.8) is 0 Å². The van der Waals surface area contributed by atoms with Crippen molar-refractivity contribution >= 4 is 0 Å². The molecular formula is C13H16F2N4. The second kappa shape index (κ2) is 5.88. The molecule has 1 aromatic carbocycles. The predicted molar refractivity (Wildman–Crippen MR) is 67.6 cm³/mol. The standard InChI is InChI=1S/C13H16F2N4/c1-16-11(7-13-17-8-18-19(13)2)5-9-3-4-10(14)6-12(9)15/h3-4,6,8,11,16H,5,7H2,1-2H3. The van der Waals surface area contributed by atoms with Crippen LogP contribution in [0.4, 0.5) is 8.78 Å². The van der Waals surface area contributed by atoms with Crippen molar-refractivity contribution in [3.8, 4) is 0 Å². The average molecular weight is 266 g/mol. The molecule has 2 rings (SSSR count). The molecule has 0 saturated carbocycles. The molecule has 0 fully saturated rings.